The van der Waals surface area contributed by atoms with Crippen LogP contribution in [0.3, 0.4) is 0 Å². The third kappa shape index (κ3) is 2.83. The van der Waals surface area contributed by atoms with Gasteiger partial charge in [0.2, 0.25) is 5.91 Å². The van der Waals surface area contributed by atoms with E-state index in [0.717, 1.165) is 35.0 Å². The Labute approximate surface area is 189 Å². The lowest BCUT2D eigenvalue weighted by atomic mass is 9.76. The van der Waals surface area contributed by atoms with Crippen LogP contribution in [-0.2, 0) is 21.5 Å². The van der Waals surface area contributed by atoms with Gasteiger partial charge in [-0.15, -0.1) is 0 Å². The van der Waals surface area contributed by atoms with Crippen LogP contribution >= 0.6 is 0 Å². The van der Waals surface area contributed by atoms with E-state index in [9.17, 15) is 9.59 Å². The lowest BCUT2D eigenvalue weighted by Gasteiger charge is -2.52. The van der Waals surface area contributed by atoms with E-state index < -0.39 is 5.54 Å². The molecular formula is C27H31N3O2. The zero-order valence-electron chi connectivity index (χ0n) is 19.3. The van der Waals surface area contributed by atoms with Crippen LogP contribution in [0.5, 0.6) is 0 Å². The van der Waals surface area contributed by atoms with E-state index in [1.807, 2.05) is 30.9 Å². The average Bonchev–Trinajstić information content (AvgIpc) is 3.22. The molecule has 1 saturated heterocycles. The van der Waals surface area contributed by atoms with Crippen LogP contribution in [0.4, 0.5) is 0 Å². The summed E-state index contributed by atoms with van der Waals surface area (Å²) in [4.78, 5) is 34.5. The number of hydrogen-bond acceptors (Lipinski definition) is 2. The number of carbonyl (C=O) groups is 2. The number of hydrogen-bond donors (Lipinski definition) is 1. The van der Waals surface area contributed by atoms with Gasteiger partial charge in [-0.05, 0) is 49.4 Å². The van der Waals surface area contributed by atoms with Gasteiger partial charge in [0.25, 0.3) is 5.91 Å². The molecule has 3 heterocycles. The molecule has 0 aliphatic carbocycles. The Morgan fingerprint density at radius 3 is 2.50 bits per heavy atom. The predicted molar refractivity (Wildman–Crippen MR) is 126 cm³/mol. The summed E-state index contributed by atoms with van der Waals surface area (Å²) >= 11 is 0. The van der Waals surface area contributed by atoms with Gasteiger partial charge >= 0.3 is 0 Å². The summed E-state index contributed by atoms with van der Waals surface area (Å²) < 4.78 is 0. The smallest absolute Gasteiger partial charge is 0.255 e. The molecule has 3 atom stereocenters. The van der Waals surface area contributed by atoms with Gasteiger partial charge in [0.05, 0.1) is 5.69 Å². The van der Waals surface area contributed by atoms with Gasteiger partial charge < -0.3 is 14.8 Å². The third-order valence-corrected chi connectivity index (χ3v) is 7.68. The number of para-hydroxylation sites is 1. The number of amides is 2. The monoisotopic (exact) mass is 429 g/mol. The van der Waals surface area contributed by atoms with Crippen LogP contribution in [-0.4, -0.2) is 45.7 Å². The lowest BCUT2D eigenvalue weighted by Crippen LogP contribution is -2.68. The maximum absolute atomic E-state index is 13.9. The van der Waals surface area contributed by atoms with Crippen LogP contribution in [0, 0.1) is 0 Å². The quantitative estimate of drug-likeness (QED) is 0.661. The molecule has 5 heteroatoms. The largest absolute Gasteiger partial charge is 0.356 e. The van der Waals surface area contributed by atoms with Gasteiger partial charge in [-0.2, -0.15) is 0 Å². The van der Waals surface area contributed by atoms with Crippen LogP contribution in [0.25, 0.3) is 10.9 Å². The van der Waals surface area contributed by atoms with Crippen molar-refractivity contribution in [2.24, 2.45) is 0 Å². The predicted octanol–water partition coefficient (Wildman–Crippen LogP) is 4.56. The molecule has 0 unspecified atom stereocenters. The Hall–Kier alpha value is -3.08. The zero-order valence-corrected chi connectivity index (χ0v) is 19.3. The number of aromatic nitrogens is 1. The average molecular weight is 430 g/mol. The number of piperazine rings is 1. The molecule has 0 saturated carbocycles. The maximum atomic E-state index is 13.9. The molecule has 0 spiro atoms. The van der Waals surface area contributed by atoms with Crippen molar-refractivity contribution in [3.05, 3.63) is 70.9 Å². The second-order valence-electron chi connectivity index (χ2n) is 9.37. The Balaban J connectivity index is 1.73. The van der Waals surface area contributed by atoms with Gasteiger partial charge in [0, 0.05) is 29.4 Å². The molecule has 0 bridgehead atoms. The van der Waals surface area contributed by atoms with E-state index in [0.29, 0.717) is 6.54 Å². The molecule has 1 aromatic heterocycles. The zero-order chi connectivity index (χ0) is 22.6. The number of H-pyrrole nitrogens is 1. The van der Waals surface area contributed by atoms with Crippen LogP contribution < -0.4 is 0 Å². The van der Waals surface area contributed by atoms with E-state index in [1.165, 1.54) is 11.1 Å². The third-order valence-electron chi connectivity index (χ3n) is 7.68. The molecule has 166 valence electrons. The molecule has 1 fully saturated rings. The van der Waals surface area contributed by atoms with E-state index in [-0.39, 0.29) is 30.3 Å². The van der Waals surface area contributed by atoms with Crippen molar-refractivity contribution in [2.45, 2.75) is 58.0 Å². The minimum Gasteiger partial charge on any atom is -0.356 e. The molecule has 2 amide bonds. The first-order valence-electron chi connectivity index (χ1n) is 11.7. The minimum absolute atomic E-state index is 0.0130. The fraction of sp³-hybridized carbons (Fsp3) is 0.407. The molecule has 3 aromatic rings. The molecule has 5 nitrogen and oxygen atoms in total. The SMILES string of the molecule is CCc1ccc([C@@H]2CN3C(=O)CN([C@H](C)CC)C(=O)[C@]3(C)c3[nH]c4ccccc4c32)cc1. The van der Waals surface area contributed by atoms with E-state index in [2.05, 4.69) is 55.2 Å². The van der Waals surface area contributed by atoms with Crippen LogP contribution in [0.15, 0.2) is 48.5 Å². The van der Waals surface area contributed by atoms with Gasteiger partial charge in [0.15, 0.2) is 5.54 Å². The van der Waals surface area contributed by atoms with Crippen molar-refractivity contribution in [1.29, 1.82) is 0 Å². The number of aromatic amines is 1. The van der Waals surface area contributed by atoms with Crippen LogP contribution in [0.1, 0.15) is 62.4 Å². The first-order chi connectivity index (χ1) is 15.4. The Kier molecular flexibility index (Phi) is 4.88. The van der Waals surface area contributed by atoms with Crippen molar-refractivity contribution in [1.82, 2.24) is 14.8 Å². The number of nitrogens with zero attached hydrogens (tertiary/aromatic N) is 2. The summed E-state index contributed by atoms with van der Waals surface area (Å²) in [7, 11) is 0. The topological polar surface area (TPSA) is 56.4 Å². The molecule has 0 radical (unpaired) electrons. The molecule has 2 aliphatic rings. The highest BCUT2D eigenvalue weighted by Gasteiger charge is 2.56. The van der Waals surface area contributed by atoms with Crippen molar-refractivity contribution >= 4 is 22.7 Å². The minimum atomic E-state index is -1.02. The molecule has 32 heavy (non-hydrogen) atoms. The van der Waals surface area contributed by atoms with E-state index in [4.69, 9.17) is 0 Å². The van der Waals surface area contributed by atoms with Crippen molar-refractivity contribution in [3.63, 3.8) is 0 Å². The number of fused-ring (bicyclic) bond motifs is 5. The number of nitrogens with one attached hydrogen (secondary N) is 1. The molecule has 1 N–H and O–H groups in total. The lowest BCUT2D eigenvalue weighted by molar-refractivity contribution is -0.168. The van der Waals surface area contributed by atoms with Gasteiger partial charge in [0.1, 0.15) is 6.54 Å². The van der Waals surface area contributed by atoms with Gasteiger partial charge in [-0.1, -0.05) is 56.3 Å². The summed E-state index contributed by atoms with van der Waals surface area (Å²) in [6, 6.07) is 17.0. The Bertz CT molecular complexity index is 1200. The van der Waals surface area contributed by atoms with E-state index >= 15 is 0 Å². The molecule has 2 aliphatic heterocycles. The van der Waals surface area contributed by atoms with Crippen LogP contribution in [0.2, 0.25) is 0 Å². The highest BCUT2D eigenvalue weighted by molar-refractivity contribution is 6.01. The maximum Gasteiger partial charge on any atom is 0.255 e. The van der Waals surface area contributed by atoms with Crippen molar-refractivity contribution in [2.75, 3.05) is 13.1 Å². The summed E-state index contributed by atoms with van der Waals surface area (Å²) in [5, 5.41) is 1.13. The molecule has 5 rings (SSSR count). The first kappa shape index (κ1) is 20.8. The van der Waals surface area contributed by atoms with Crippen molar-refractivity contribution in [3.8, 4) is 0 Å². The summed E-state index contributed by atoms with van der Waals surface area (Å²) in [6.07, 6.45) is 1.81. The Morgan fingerprint density at radius 2 is 1.81 bits per heavy atom. The standard InChI is InChI=1S/C27H31N3O2/c1-5-17(3)29-16-23(31)30-15-21(19-13-11-18(6-2)12-14-19)24-20-9-7-8-10-22(20)28-25(24)27(30,4)26(29)32/h7-14,17,21,28H,5-6,15-16H2,1-4H3/t17-,21+,27+/m1/s1. The number of aryl methyl sites for hydroxylation is 1. The normalized spacial score (nSPS) is 23.9. The molecule has 2 aromatic carbocycles. The Morgan fingerprint density at radius 1 is 1.09 bits per heavy atom. The summed E-state index contributed by atoms with van der Waals surface area (Å²) in [5.74, 6) is 0.0537. The first-order valence-corrected chi connectivity index (χ1v) is 11.7. The number of rotatable bonds is 4. The fourth-order valence-electron chi connectivity index (χ4n) is 5.49. The summed E-state index contributed by atoms with van der Waals surface area (Å²) in [5.41, 5.74) is 4.47. The van der Waals surface area contributed by atoms with Gasteiger partial charge in [-0.25, -0.2) is 0 Å². The van der Waals surface area contributed by atoms with E-state index in [1.54, 1.807) is 4.90 Å². The second kappa shape index (κ2) is 7.51. The number of benzene rings is 2. The van der Waals surface area contributed by atoms with Crippen molar-refractivity contribution < 1.29 is 9.59 Å². The molecular weight excluding hydrogens is 398 g/mol. The van der Waals surface area contributed by atoms with Gasteiger partial charge in [-0.3, -0.25) is 9.59 Å². The highest BCUT2D eigenvalue weighted by atomic mass is 16.2. The second-order valence-corrected chi connectivity index (χ2v) is 9.37. The summed E-state index contributed by atoms with van der Waals surface area (Å²) in [6.45, 7) is 8.82. The number of carbonyl (C=O) groups excluding carboxylic acids is 2. The fourth-order valence-corrected chi connectivity index (χ4v) is 5.49. The highest BCUT2D eigenvalue weighted by Crippen LogP contribution is 2.48.